The summed E-state index contributed by atoms with van der Waals surface area (Å²) in [5.74, 6) is 1.81. The molecule has 6 heteroatoms. The lowest BCUT2D eigenvalue weighted by atomic mass is 10.1. The summed E-state index contributed by atoms with van der Waals surface area (Å²) in [6, 6.07) is 15.8. The number of nitrogens with zero attached hydrogens (tertiary/aromatic N) is 3. The van der Waals surface area contributed by atoms with Crippen LogP contribution in [0.4, 0.5) is 0 Å². The van der Waals surface area contributed by atoms with Crippen LogP contribution in [0.25, 0.3) is 22.8 Å². The van der Waals surface area contributed by atoms with Crippen LogP contribution in [-0.2, 0) is 4.74 Å². The highest BCUT2D eigenvalue weighted by Crippen LogP contribution is 2.29. The van der Waals surface area contributed by atoms with Gasteiger partial charge < -0.3 is 14.0 Å². The highest BCUT2D eigenvalue weighted by molar-refractivity contribution is 5.66. The zero-order valence-corrected chi connectivity index (χ0v) is 15.4. The summed E-state index contributed by atoms with van der Waals surface area (Å²) in [7, 11) is 0. The predicted octanol–water partition coefficient (Wildman–Crippen LogP) is 3.42. The summed E-state index contributed by atoms with van der Waals surface area (Å²) in [6.07, 6.45) is 0. The molecule has 2 aromatic carbocycles. The lowest BCUT2D eigenvalue weighted by Crippen LogP contribution is -2.38. The van der Waals surface area contributed by atoms with Gasteiger partial charge in [-0.2, -0.15) is 4.98 Å². The molecule has 1 saturated heterocycles. The summed E-state index contributed by atoms with van der Waals surface area (Å²) in [6.45, 7) is 7.02. The van der Waals surface area contributed by atoms with Gasteiger partial charge in [-0.25, -0.2) is 0 Å². The van der Waals surface area contributed by atoms with E-state index in [-0.39, 0.29) is 0 Å². The molecule has 0 radical (unpaired) electrons. The maximum atomic E-state index is 6.02. The minimum Gasteiger partial charge on any atom is -0.491 e. The molecule has 0 saturated carbocycles. The Bertz CT molecular complexity index is 888. The van der Waals surface area contributed by atoms with Gasteiger partial charge >= 0.3 is 0 Å². The molecule has 2 heterocycles. The van der Waals surface area contributed by atoms with Crippen molar-refractivity contribution >= 4 is 0 Å². The average Bonchev–Trinajstić information content (AvgIpc) is 3.19. The number of hydrogen-bond acceptors (Lipinski definition) is 6. The second kappa shape index (κ2) is 8.33. The molecule has 3 aromatic rings. The highest BCUT2D eigenvalue weighted by Gasteiger charge is 2.15. The molecule has 27 heavy (non-hydrogen) atoms. The molecular formula is C21H23N3O3. The van der Waals surface area contributed by atoms with Crippen LogP contribution >= 0.6 is 0 Å². The molecule has 6 nitrogen and oxygen atoms in total. The van der Waals surface area contributed by atoms with Crippen LogP contribution in [0.5, 0.6) is 5.75 Å². The molecule has 0 amide bonds. The molecule has 1 aliphatic heterocycles. The van der Waals surface area contributed by atoms with Crippen molar-refractivity contribution in [1.29, 1.82) is 0 Å². The molecule has 1 aromatic heterocycles. The summed E-state index contributed by atoms with van der Waals surface area (Å²) in [5.41, 5.74) is 2.90. The zero-order chi connectivity index (χ0) is 18.5. The van der Waals surface area contributed by atoms with Crippen molar-refractivity contribution in [2.45, 2.75) is 6.92 Å². The fraction of sp³-hybridized carbons (Fsp3) is 0.333. The second-order valence-electron chi connectivity index (χ2n) is 6.59. The van der Waals surface area contributed by atoms with Gasteiger partial charge in [0, 0.05) is 25.2 Å². The second-order valence-corrected chi connectivity index (χ2v) is 6.59. The highest BCUT2D eigenvalue weighted by atomic mass is 16.5. The SMILES string of the molecule is Cc1cccc(-c2nc(-c3ccccc3OCCN3CCOCC3)no2)c1. The Morgan fingerprint density at radius 3 is 2.78 bits per heavy atom. The van der Waals surface area contributed by atoms with E-state index in [9.17, 15) is 0 Å². The number of ether oxygens (including phenoxy) is 2. The van der Waals surface area contributed by atoms with Crippen molar-refractivity contribution in [3.63, 3.8) is 0 Å². The Kier molecular flexibility index (Phi) is 5.46. The fourth-order valence-corrected chi connectivity index (χ4v) is 3.11. The first-order valence-corrected chi connectivity index (χ1v) is 9.23. The Morgan fingerprint density at radius 1 is 1.07 bits per heavy atom. The molecule has 140 valence electrons. The number of rotatable bonds is 6. The van der Waals surface area contributed by atoms with Crippen LogP contribution in [0.3, 0.4) is 0 Å². The van der Waals surface area contributed by atoms with E-state index in [1.165, 1.54) is 0 Å². The van der Waals surface area contributed by atoms with Gasteiger partial charge in [-0.1, -0.05) is 35.0 Å². The Labute approximate surface area is 158 Å². The van der Waals surface area contributed by atoms with E-state index in [0.29, 0.717) is 18.3 Å². The van der Waals surface area contributed by atoms with Crippen molar-refractivity contribution < 1.29 is 14.0 Å². The largest absolute Gasteiger partial charge is 0.491 e. The third-order valence-electron chi connectivity index (χ3n) is 4.59. The van der Waals surface area contributed by atoms with Crippen molar-refractivity contribution in [3.8, 4) is 28.6 Å². The monoisotopic (exact) mass is 365 g/mol. The van der Waals surface area contributed by atoms with E-state index in [1.807, 2.05) is 55.5 Å². The summed E-state index contributed by atoms with van der Waals surface area (Å²) in [5, 5.41) is 4.16. The minimum absolute atomic E-state index is 0.511. The smallest absolute Gasteiger partial charge is 0.258 e. The quantitative estimate of drug-likeness (QED) is 0.667. The molecule has 0 N–H and O–H groups in total. The molecule has 0 unspecified atom stereocenters. The summed E-state index contributed by atoms with van der Waals surface area (Å²) < 4.78 is 16.9. The normalized spacial score (nSPS) is 15.0. The van der Waals surface area contributed by atoms with Gasteiger partial charge in [-0.3, -0.25) is 4.90 Å². The van der Waals surface area contributed by atoms with E-state index in [2.05, 4.69) is 15.0 Å². The van der Waals surface area contributed by atoms with Crippen LogP contribution in [0, 0.1) is 6.92 Å². The Hall–Kier alpha value is -2.70. The van der Waals surface area contributed by atoms with E-state index in [4.69, 9.17) is 14.0 Å². The third-order valence-corrected chi connectivity index (χ3v) is 4.59. The van der Waals surface area contributed by atoms with Gasteiger partial charge in [-0.15, -0.1) is 0 Å². The number of aryl methyl sites for hydroxylation is 1. The predicted molar refractivity (Wildman–Crippen MR) is 103 cm³/mol. The van der Waals surface area contributed by atoms with Gasteiger partial charge in [0.25, 0.3) is 5.89 Å². The maximum Gasteiger partial charge on any atom is 0.258 e. The van der Waals surface area contributed by atoms with Crippen LogP contribution in [-0.4, -0.2) is 54.5 Å². The van der Waals surface area contributed by atoms with Crippen molar-refractivity contribution in [1.82, 2.24) is 15.0 Å². The summed E-state index contributed by atoms with van der Waals surface area (Å²) in [4.78, 5) is 6.91. The molecule has 0 aliphatic carbocycles. The number of benzene rings is 2. The minimum atomic E-state index is 0.511. The third kappa shape index (κ3) is 4.35. The van der Waals surface area contributed by atoms with E-state index in [1.54, 1.807) is 0 Å². The van der Waals surface area contributed by atoms with Gasteiger partial charge in [0.1, 0.15) is 12.4 Å². The molecule has 0 bridgehead atoms. The summed E-state index contributed by atoms with van der Waals surface area (Å²) >= 11 is 0. The molecule has 0 atom stereocenters. The van der Waals surface area contributed by atoms with Crippen molar-refractivity contribution in [2.24, 2.45) is 0 Å². The number of para-hydroxylation sites is 1. The zero-order valence-electron chi connectivity index (χ0n) is 15.4. The van der Waals surface area contributed by atoms with E-state index in [0.717, 1.165) is 55.3 Å². The lowest BCUT2D eigenvalue weighted by molar-refractivity contribution is 0.0323. The average molecular weight is 365 g/mol. The molecule has 1 aliphatic rings. The van der Waals surface area contributed by atoms with E-state index >= 15 is 0 Å². The first kappa shape index (κ1) is 17.7. The molecular weight excluding hydrogens is 342 g/mol. The standard InChI is InChI=1S/C21H23N3O3/c1-16-5-4-6-17(15-16)21-22-20(23-27-21)18-7-2-3-8-19(18)26-14-11-24-9-12-25-13-10-24/h2-8,15H,9-14H2,1H3. The first-order chi connectivity index (χ1) is 13.3. The molecule has 0 spiro atoms. The lowest BCUT2D eigenvalue weighted by Gasteiger charge is -2.26. The van der Waals surface area contributed by atoms with Gasteiger partial charge in [0.05, 0.1) is 18.8 Å². The topological polar surface area (TPSA) is 60.6 Å². The maximum absolute atomic E-state index is 6.02. The van der Waals surface area contributed by atoms with Gasteiger partial charge in [0.2, 0.25) is 5.82 Å². The van der Waals surface area contributed by atoms with Gasteiger partial charge in [-0.05, 0) is 31.2 Å². The number of aromatic nitrogens is 2. The molecule has 1 fully saturated rings. The fourth-order valence-electron chi connectivity index (χ4n) is 3.11. The number of morpholine rings is 1. The Morgan fingerprint density at radius 2 is 1.93 bits per heavy atom. The first-order valence-electron chi connectivity index (χ1n) is 9.23. The molecule has 4 rings (SSSR count). The van der Waals surface area contributed by atoms with E-state index < -0.39 is 0 Å². The van der Waals surface area contributed by atoms with Crippen LogP contribution < -0.4 is 4.74 Å². The Balaban J connectivity index is 1.47. The van der Waals surface area contributed by atoms with Gasteiger partial charge in [0.15, 0.2) is 0 Å². The van der Waals surface area contributed by atoms with Crippen LogP contribution in [0.2, 0.25) is 0 Å². The number of hydrogen-bond donors (Lipinski definition) is 0. The van der Waals surface area contributed by atoms with Crippen molar-refractivity contribution in [2.75, 3.05) is 39.5 Å². The van der Waals surface area contributed by atoms with Crippen LogP contribution in [0.15, 0.2) is 53.1 Å². The van der Waals surface area contributed by atoms with Crippen molar-refractivity contribution in [3.05, 3.63) is 54.1 Å². The van der Waals surface area contributed by atoms with Crippen LogP contribution in [0.1, 0.15) is 5.56 Å².